The minimum Gasteiger partial charge on any atom is -0.493 e. The maximum atomic E-state index is 14.1. The van der Waals surface area contributed by atoms with E-state index in [0.717, 1.165) is 0 Å². The highest BCUT2D eigenvalue weighted by Crippen LogP contribution is 2.31. The summed E-state index contributed by atoms with van der Waals surface area (Å²) < 4.78 is 24.7. The first kappa shape index (κ1) is 15.8. The molecule has 0 aliphatic heterocycles. The summed E-state index contributed by atoms with van der Waals surface area (Å²) >= 11 is 8.91. The molecule has 0 bridgehead atoms. The molecule has 0 amide bonds. The summed E-state index contributed by atoms with van der Waals surface area (Å²) in [6, 6.07) is 7.53. The average Bonchev–Trinajstić information content (AvgIpc) is 2.51. The second-order valence-corrected chi connectivity index (χ2v) is 5.35. The summed E-state index contributed by atoms with van der Waals surface area (Å²) in [6.07, 6.45) is 0. The number of carbonyl (C=O) groups excluding carboxylic acids is 1. The molecule has 0 aromatic heterocycles. The van der Waals surface area contributed by atoms with Crippen molar-refractivity contribution in [2.45, 2.75) is 0 Å². The van der Waals surface area contributed by atoms with Gasteiger partial charge in [0.05, 0.1) is 24.8 Å². The molecule has 0 saturated heterocycles. The molecule has 0 aliphatic carbocycles. The Morgan fingerprint density at radius 2 is 1.81 bits per heavy atom. The molecule has 0 unspecified atom stereocenters. The molecular weight excluding hydrogens is 363 g/mol. The van der Waals surface area contributed by atoms with E-state index < -0.39 is 11.6 Å². The van der Waals surface area contributed by atoms with Crippen LogP contribution in [0.2, 0.25) is 5.02 Å². The quantitative estimate of drug-likeness (QED) is 0.585. The normalized spacial score (nSPS) is 10.3. The predicted octanol–water partition coefficient (Wildman–Crippen LogP) is 4.49. The maximum Gasteiger partial charge on any atom is 0.196 e. The predicted molar refractivity (Wildman–Crippen MR) is 82.1 cm³/mol. The Balaban J connectivity index is 2.48. The Morgan fingerprint density at radius 1 is 1.14 bits per heavy atom. The first-order chi connectivity index (χ1) is 9.99. The molecule has 0 spiro atoms. The monoisotopic (exact) mass is 372 g/mol. The highest BCUT2D eigenvalue weighted by Gasteiger charge is 2.19. The van der Waals surface area contributed by atoms with E-state index in [4.69, 9.17) is 21.1 Å². The summed E-state index contributed by atoms with van der Waals surface area (Å²) in [4.78, 5) is 12.4. The van der Waals surface area contributed by atoms with Gasteiger partial charge in [0.15, 0.2) is 23.1 Å². The van der Waals surface area contributed by atoms with Crippen molar-refractivity contribution in [2.75, 3.05) is 14.2 Å². The van der Waals surface area contributed by atoms with Gasteiger partial charge in [-0.15, -0.1) is 0 Å². The molecule has 0 radical (unpaired) electrons. The van der Waals surface area contributed by atoms with Crippen LogP contribution in [0.3, 0.4) is 0 Å². The van der Waals surface area contributed by atoms with Crippen LogP contribution >= 0.6 is 27.5 Å². The molecule has 0 heterocycles. The Hall–Kier alpha value is -1.59. The van der Waals surface area contributed by atoms with Gasteiger partial charge in [-0.25, -0.2) is 4.39 Å². The SMILES string of the molecule is COc1ccc(C(=O)c2ccc(Br)c(Cl)c2F)cc1OC. The number of ether oxygens (including phenoxy) is 2. The molecule has 21 heavy (non-hydrogen) atoms. The lowest BCUT2D eigenvalue weighted by Gasteiger charge is -2.10. The molecule has 0 N–H and O–H groups in total. The molecule has 0 atom stereocenters. The smallest absolute Gasteiger partial charge is 0.196 e. The van der Waals surface area contributed by atoms with Crippen LogP contribution in [-0.2, 0) is 0 Å². The third-order valence-electron chi connectivity index (χ3n) is 2.93. The van der Waals surface area contributed by atoms with Crippen molar-refractivity contribution in [1.82, 2.24) is 0 Å². The fourth-order valence-corrected chi connectivity index (χ4v) is 2.31. The number of benzene rings is 2. The molecule has 0 saturated carbocycles. The van der Waals surface area contributed by atoms with Crippen LogP contribution in [0.5, 0.6) is 11.5 Å². The summed E-state index contributed by atoms with van der Waals surface area (Å²) in [5.74, 6) is -0.357. The van der Waals surface area contributed by atoms with Crippen molar-refractivity contribution in [3.05, 3.63) is 56.8 Å². The van der Waals surface area contributed by atoms with Crippen LogP contribution in [0.15, 0.2) is 34.8 Å². The van der Waals surface area contributed by atoms with Crippen LogP contribution in [0.25, 0.3) is 0 Å². The van der Waals surface area contributed by atoms with E-state index in [1.807, 2.05) is 0 Å². The molecular formula is C15H11BrClFO3. The molecule has 2 aromatic rings. The van der Waals surface area contributed by atoms with E-state index in [2.05, 4.69) is 15.9 Å². The number of halogens is 3. The Bertz CT molecular complexity index is 704. The van der Waals surface area contributed by atoms with E-state index in [1.165, 1.54) is 32.4 Å². The Labute approximate surface area is 134 Å². The molecule has 2 aromatic carbocycles. The first-order valence-electron chi connectivity index (χ1n) is 5.89. The van der Waals surface area contributed by atoms with Crippen LogP contribution in [-0.4, -0.2) is 20.0 Å². The van der Waals surface area contributed by atoms with E-state index in [0.29, 0.717) is 16.0 Å². The Kier molecular flexibility index (Phi) is 4.85. The second-order valence-electron chi connectivity index (χ2n) is 4.12. The van der Waals surface area contributed by atoms with E-state index in [1.54, 1.807) is 12.1 Å². The lowest BCUT2D eigenvalue weighted by atomic mass is 10.0. The number of carbonyl (C=O) groups is 1. The van der Waals surface area contributed by atoms with Crippen molar-refractivity contribution >= 4 is 33.3 Å². The number of hydrogen-bond acceptors (Lipinski definition) is 3. The van der Waals surface area contributed by atoms with Crippen LogP contribution < -0.4 is 9.47 Å². The summed E-state index contributed by atoms with van der Waals surface area (Å²) in [7, 11) is 2.96. The first-order valence-corrected chi connectivity index (χ1v) is 7.07. The highest BCUT2D eigenvalue weighted by molar-refractivity contribution is 9.10. The van der Waals surface area contributed by atoms with Gasteiger partial charge in [0.25, 0.3) is 0 Å². The van der Waals surface area contributed by atoms with Crippen molar-refractivity contribution in [3.63, 3.8) is 0 Å². The van der Waals surface area contributed by atoms with Crippen molar-refractivity contribution in [3.8, 4) is 11.5 Å². The van der Waals surface area contributed by atoms with Crippen LogP contribution in [0, 0.1) is 5.82 Å². The summed E-state index contributed by atoms with van der Waals surface area (Å²) in [5.41, 5.74) is 0.181. The van der Waals surface area contributed by atoms with Gasteiger partial charge in [-0.1, -0.05) is 11.6 Å². The van der Waals surface area contributed by atoms with Gasteiger partial charge in [-0.05, 0) is 46.3 Å². The second kappa shape index (κ2) is 6.45. The molecule has 2 rings (SSSR count). The fraction of sp³-hybridized carbons (Fsp3) is 0.133. The minimum atomic E-state index is -0.758. The third-order valence-corrected chi connectivity index (χ3v) is 4.18. The lowest BCUT2D eigenvalue weighted by molar-refractivity contribution is 0.103. The molecule has 0 fully saturated rings. The fourth-order valence-electron chi connectivity index (χ4n) is 1.83. The third kappa shape index (κ3) is 3.04. The number of rotatable bonds is 4. The molecule has 6 heteroatoms. The number of hydrogen-bond donors (Lipinski definition) is 0. The lowest BCUT2D eigenvalue weighted by Crippen LogP contribution is -2.05. The average molecular weight is 374 g/mol. The zero-order valence-corrected chi connectivity index (χ0v) is 13.6. The topological polar surface area (TPSA) is 35.5 Å². The highest BCUT2D eigenvalue weighted by atomic mass is 79.9. The maximum absolute atomic E-state index is 14.1. The van der Waals surface area contributed by atoms with Gasteiger partial charge in [-0.2, -0.15) is 0 Å². The van der Waals surface area contributed by atoms with Gasteiger partial charge in [0, 0.05) is 10.0 Å². The molecule has 3 nitrogen and oxygen atoms in total. The van der Waals surface area contributed by atoms with Gasteiger partial charge >= 0.3 is 0 Å². The number of methoxy groups -OCH3 is 2. The zero-order chi connectivity index (χ0) is 15.6. The molecule has 110 valence electrons. The minimum absolute atomic E-state index is 0.101. The van der Waals surface area contributed by atoms with Gasteiger partial charge in [0.1, 0.15) is 0 Å². The van der Waals surface area contributed by atoms with Crippen molar-refractivity contribution in [2.24, 2.45) is 0 Å². The standard InChI is InChI=1S/C15H11BrClFO3/c1-20-11-6-3-8(7-12(11)21-2)15(19)9-4-5-10(16)13(17)14(9)18/h3-7H,1-2H3. The van der Waals surface area contributed by atoms with Gasteiger partial charge in [-0.3, -0.25) is 4.79 Å². The number of ketones is 1. The molecule has 0 aliphatic rings. The van der Waals surface area contributed by atoms with Crippen LogP contribution in [0.1, 0.15) is 15.9 Å². The van der Waals surface area contributed by atoms with Crippen LogP contribution in [0.4, 0.5) is 4.39 Å². The Morgan fingerprint density at radius 3 is 2.43 bits per heavy atom. The van der Waals surface area contributed by atoms with Crippen molar-refractivity contribution < 1.29 is 18.7 Å². The van der Waals surface area contributed by atoms with Gasteiger partial charge in [0.2, 0.25) is 0 Å². The largest absolute Gasteiger partial charge is 0.493 e. The van der Waals surface area contributed by atoms with E-state index in [-0.39, 0.29) is 16.1 Å². The van der Waals surface area contributed by atoms with E-state index in [9.17, 15) is 9.18 Å². The van der Waals surface area contributed by atoms with Crippen molar-refractivity contribution in [1.29, 1.82) is 0 Å². The summed E-state index contributed by atoms with van der Waals surface area (Å²) in [6.45, 7) is 0. The van der Waals surface area contributed by atoms with E-state index >= 15 is 0 Å². The zero-order valence-electron chi connectivity index (χ0n) is 11.2. The van der Waals surface area contributed by atoms with Gasteiger partial charge < -0.3 is 9.47 Å². The summed E-state index contributed by atoms with van der Waals surface area (Å²) in [5, 5.41) is -0.124.